The molecule has 76 valence electrons. The molecule has 0 amide bonds. The fraction of sp³-hybridized carbons (Fsp3) is 0. The molecule has 0 aliphatic carbocycles. The molecule has 0 aliphatic rings. The van der Waals surface area contributed by atoms with Gasteiger partial charge in [-0.15, -0.1) is 0 Å². The van der Waals surface area contributed by atoms with Crippen LogP contribution >= 0.6 is 0 Å². The number of nitrogens with zero attached hydrogens (tertiary/aromatic N) is 1. The van der Waals surface area contributed by atoms with Gasteiger partial charge in [0.05, 0.1) is 15.8 Å². The molecule has 15 heavy (non-hydrogen) atoms. The monoisotopic (exact) mass is 204 g/mol. The molecule has 0 unspecified atom stereocenters. The van der Waals surface area contributed by atoms with Gasteiger partial charge in [0.25, 0.3) is 5.69 Å². The van der Waals surface area contributed by atoms with Crippen molar-refractivity contribution < 1.29 is 4.92 Å². The average molecular weight is 204 g/mol. The van der Waals surface area contributed by atoms with Gasteiger partial charge in [0.1, 0.15) is 5.84 Å². The number of nitrogen functional groups attached to an aromatic ring is 1. The van der Waals surface area contributed by atoms with Gasteiger partial charge in [-0.3, -0.25) is 15.5 Å². The first-order valence-corrected chi connectivity index (χ1v) is 4.20. The van der Waals surface area contributed by atoms with Gasteiger partial charge in [-0.1, -0.05) is 6.07 Å². The molecule has 0 radical (unpaired) electrons. The van der Waals surface area contributed by atoms with Crippen LogP contribution < -0.4 is 5.73 Å². The second-order valence-corrected chi connectivity index (χ2v) is 3.07. The van der Waals surface area contributed by atoms with Gasteiger partial charge in [-0.05, 0) is 6.07 Å². The lowest BCUT2D eigenvalue weighted by Crippen LogP contribution is -2.10. The smallest absolute Gasteiger partial charge is 0.279 e. The van der Waals surface area contributed by atoms with Crippen LogP contribution in [0.1, 0.15) is 5.56 Å². The van der Waals surface area contributed by atoms with Crippen LogP contribution in [0.2, 0.25) is 0 Å². The van der Waals surface area contributed by atoms with Crippen molar-refractivity contribution >= 4 is 22.4 Å². The van der Waals surface area contributed by atoms with Crippen LogP contribution in [0.4, 0.5) is 5.69 Å². The summed E-state index contributed by atoms with van der Waals surface area (Å²) in [5.74, 6) is -0.185. The third-order valence-corrected chi connectivity index (χ3v) is 2.17. The normalized spacial score (nSPS) is 10.4. The molecule has 0 aliphatic heterocycles. The van der Waals surface area contributed by atoms with Crippen LogP contribution in [0.25, 0.3) is 10.9 Å². The predicted molar refractivity (Wildman–Crippen MR) is 56.0 cm³/mol. The summed E-state index contributed by atoms with van der Waals surface area (Å²) in [7, 11) is 0. The van der Waals surface area contributed by atoms with Crippen LogP contribution in [0, 0.1) is 15.5 Å². The van der Waals surface area contributed by atoms with E-state index in [0.29, 0.717) is 16.5 Å². The first-order valence-electron chi connectivity index (χ1n) is 4.20. The highest BCUT2D eigenvalue weighted by atomic mass is 16.6. The third-order valence-electron chi connectivity index (χ3n) is 2.17. The Kier molecular flexibility index (Phi) is 1.89. The minimum Gasteiger partial charge on any atom is -0.384 e. The standard InChI is InChI=1S/C9H8N4O2/c10-9(11)5-4-12-6-2-1-3-7(8(5)6)13(14)15/h1-4,12H,(H3,10,11). The maximum atomic E-state index is 10.8. The Morgan fingerprint density at radius 3 is 2.87 bits per heavy atom. The van der Waals surface area contributed by atoms with E-state index in [4.69, 9.17) is 11.1 Å². The number of non-ortho nitro benzene ring substituents is 1. The number of nitro groups is 1. The van der Waals surface area contributed by atoms with Gasteiger partial charge in [-0.2, -0.15) is 0 Å². The van der Waals surface area contributed by atoms with E-state index in [2.05, 4.69) is 4.98 Å². The Morgan fingerprint density at radius 1 is 1.53 bits per heavy atom. The Hall–Kier alpha value is -2.37. The van der Waals surface area contributed by atoms with Crippen molar-refractivity contribution in [1.29, 1.82) is 5.41 Å². The number of aromatic amines is 1. The van der Waals surface area contributed by atoms with E-state index in [0.717, 1.165) is 0 Å². The SMILES string of the molecule is N=C(N)c1c[nH]c2cccc([N+](=O)[O-])c12. The summed E-state index contributed by atoms with van der Waals surface area (Å²) in [6, 6.07) is 4.68. The van der Waals surface area contributed by atoms with Crippen molar-refractivity contribution in [3.8, 4) is 0 Å². The Balaban J connectivity index is 2.86. The number of hydrogen-bond donors (Lipinski definition) is 3. The summed E-state index contributed by atoms with van der Waals surface area (Å²) in [5, 5.41) is 18.5. The summed E-state index contributed by atoms with van der Waals surface area (Å²) in [6.07, 6.45) is 1.50. The second kappa shape index (κ2) is 3.09. The quantitative estimate of drug-likeness (QED) is 0.297. The van der Waals surface area contributed by atoms with Crippen molar-refractivity contribution in [3.05, 3.63) is 40.1 Å². The molecule has 0 spiro atoms. The number of hydrogen-bond acceptors (Lipinski definition) is 3. The Labute approximate surface area is 84.4 Å². The zero-order valence-corrected chi connectivity index (χ0v) is 7.65. The van der Waals surface area contributed by atoms with E-state index in [1.165, 1.54) is 12.3 Å². The minimum atomic E-state index is -0.484. The average Bonchev–Trinajstić information content (AvgIpc) is 2.60. The van der Waals surface area contributed by atoms with E-state index in [1.54, 1.807) is 12.1 Å². The summed E-state index contributed by atoms with van der Waals surface area (Å²) >= 11 is 0. The molecule has 1 aromatic heterocycles. The molecule has 2 aromatic rings. The molecule has 1 aromatic carbocycles. The molecular formula is C9H8N4O2. The molecule has 0 saturated carbocycles. The highest BCUT2D eigenvalue weighted by Gasteiger charge is 2.17. The molecule has 0 bridgehead atoms. The molecule has 1 heterocycles. The lowest BCUT2D eigenvalue weighted by Gasteiger charge is -1.97. The fourth-order valence-electron chi connectivity index (χ4n) is 1.53. The van der Waals surface area contributed by atoms with Crippen molar-refractivity contribution in [1.82, 2.24) is 4.98 Å². The second-order valence-electron chi connectivity index (χ2n) is 3.07. The van der Waals surface area contributed by atoms with Gasteiger partial charge in [-0.25, -0.2) is 0 Å². The van der Waals surface area contributed by atoms with E-state index >= 15 is 0 Å². The Morgan fingerprint density at radius 2 is 2.27 bits per heavy atom. The fourth-order valence-corrected chi connectivity index (χ4v) is 1.53. The minimum absolute atomic E-state index is 0.0426. The maximum absolute atomic E-state index is 10.8. The van der Waals surface area contributed by atoms with Crippen LogP contribution in [0.3, 0.4) is 0 Å². The topological polar surface area (TPSA) is 109 Å². The van der Waals surface area contributed by atoms with Gasteiger partial charge < -0.3 is 10.7 Å². The van der Waals surface area contributed by atoms with Gasteiger partial charge in [0.15, 0.2) is 0 Å². The van der Waals surface area contributed by atoms with Gasteiger partial charge in [0, 0.05) is 17.8 Å². The summed E-state index contributed by atoms with van der Waals surface area (Å²) in [6.45, 7) is 0. The molecule has 4 N–H and O–H groups in total. The lowest BCUT2D eigenvalue weighted by molar-refractivity contribution is -0.383. The zero-order chi connectivity index (χ0) is 11.0. The summed E-state index contributed by atoms with van der Waals surface area (Å²) < 4.78 is 0. The van der Waals surface area contributed by atoms with Crippen molar-refractivity contribution in [3.63, 3.8) is 0 Å². The molecule has 2 rings (SSSR count). The Bertz CT molecular complexity index is 558. The highest BCUT2D eigenvalue weighted by Crippen LogP contribution is 2.27. The number of fused-ring (bicyclic) bond motifs is 1. The van der Waals surface area contributed by atoms with Crippen molar-refractivity contribution in [2.45, 2.75) is 0 Å². The first-order chi connectivity index (χ1) is 7.11. The third kappa shape index (κ3) is 1.32. The van der Waals surface area contributed by atoms with E-state index in [9.17, 15) is 10.1 Å². The van der Waals surface area contributed by atoms with Crippen LogP contribution in [-0.4, -0.2) is 15.7 Å². The zero-order valence-electron chi connectivity index (χ0n) is 7.65. The maximum Gasteiger partial charge on any atom is 0.279 e. The number of rotatable bonds is 2. The molecule has 0 saturated heterocycles. The van der Waals surface area contributed by atoms with Gasteiger partial charge >= 0.3 is 0 Å². The number of nitro benzene ring substituents is 1. The molecule has 0 atom stereocenters. The number of benzene rings is 1. The molecule has 6 heteroatoms. The lowest BCUT2D eigenvalue weighted by atomic mass is 10.1. The van der Waals surface area contributed by atoms with Crippen LogP contribution in [0.15, 0.2) is 24.4 Å². The van der Waals surface area contributed by atoms with E-state index < -0.39 is 4.92 Å². The number of H-pyrrole nitrogens is 1. The summed E-state index contributed by atoms with van der Waals surface area (Å²) in [4.78, 5) is 13.1. The molecular weight excluding hydrogens is 196 g/mol. The highest BCUT2D eigenvalue weighted by molar-refractivity contribution is 6.10. The molecule has 0 fully saturated rings. The van der Waals surface area contributed by atoms with E-state index in [1.807, 2.05) is 0 Å². The van der Waals surface area contributed by atoms with Gasteiger partial charge in [0.2, 0.25) is 0 Å². The largest absolute Gasteiger partial charge is 0.384 e. The van der Waals surface area contributed by atoms with Crippen molar-refractivity contribution in [2.75, 3.05) is 0 Å². The van der Waals surface area contributed by atoms with E-state index in [-0.39, 0.29) is 11.5 Å². The predicted octanol–water partition coefficient (Wildman–Crippen LogP) is 1.36. The summed E-state index contributed by atoms with van der Waals surface area (Å²) in [5.41, 5.74) is 6.26. The van der Waals surface area contributed by atoms with Crippen LogP contribution in [-0.2, 0) is 0 Å². The number of amidine groups is 1. The number of nitrogens with one attached hydrogen (secondary N) is 2. The molecule has 6 nitrogen and oxygen atoms in total. The van der Waals surface area contributed by atoms with Crippen molar-refractivity contribution in [2.24, 2.45) is 5.73 Å². The van der Waals surface area contributed by atoms with Crippen LogP contribution in [0.5, 0.6) is 0 Å². The first kappa shape index (κ1) is 9.20. The number of nitrogens with two attached hydrogens (primary N) is 1. The number of aromatic nitrogens is 1.